The lowest BCUT2D eigenvalue weighted by atomic mass is 9.88. The molecule has 1 amide bonds. The predicted molar refractivity (Wildman–Crippen MR) is 114 cm³/mol. The van der Waals surface area contributed by atoms with Crippen molar-refractivity contribution in [1.82, 2.24) is 14.8 Å². The van der Waals surface area contributed by atoms with Crippen LogP contribution in [0.1, 0.15) is 41.4 Å². The number of aromatic nitrogens is 1. The first-order chi connectivity index (χ1) is 15.3. The first-order valence-corrected chi connectivity index (χ1v) is 11.0. The molecule has 8 heteroatoms. The number of rotatable bonds is 4. The van der Waals surface area contributed by atoms with Gasteiger partial charge in [0, 0.05) is 44.4 Å². The van der Waals surface area contributed by atoms with Gasteiger partial charge < -0.3 is 14.5 Å². The van der Waals surface area contributed by atoms with E-state index in [1.165, 1.54) is 12.3 Å². The van der Waals surface area contributed by atoms with Crippen LogP contribution in [0.15, 0.2) is 48.7 Å². The fourth-order valence-electron chi connectivity index (χ4n) is 4.76. The number of nitrogens with zero attached hydrogens (tertiary/aromatic N) is 3. The molecule has 0 radical (unpaired) electrons. The van der Waals surface area contributed by atoms with Gasteiger partial charge in [0.1, 0.15) is 0 Å². The Morgan fingerprint density at radius 1 is 1.16 bits per heavy atom. The normalized spacial score (nSPS) is 21.6. The lowest BCUT2D eigenvalue weighted by Crippen LogP contribution is -2.60. The minimum absolute atomic E-state index is 0.0115. The maximum Gasteiger partial charge on any atom is 0.418 e. The van der Waals surface area contributed by atoms with Crippen LogP contribution in [0.4, 0.5) is 13.2 Å². The summed E-state index contributed by atoms with van der Waals surface area (Å²) in [6, 6.07) is 11.7. The van der Waals surface area contributed by atoms with Gasteiger partial charge in [-0.2, -0.15) is 13.2 Å². The zero-order chi connectivity index (χ0) is 22.8. The van der Waals surface area contributed by atoms with Crippen molar-refractivity contribution in [3.05, 3.63) is 65.5 Å². The standard InChI is InChI=1S/C24H28F3N3O2/c1-18-16-30(22(31)19-6-3-2-4-7-19)17-23(32-18)10-14-29(15-11-23)13-9-21-20(24(25,26)27)8-5-12-28-21/h2-8,12,18H,9-11,13-17H2,1H3. The number of amides is 1. The topological polar surface area (TPSA) is 45.7 Å². The summed E-state index contributed by atoms with van der Waals surface area (Å²) >= 11 is 0. The monoisotopic (exact) mass is 447 g/mol. The molecule has 172 valence electrons. The first-order valence-electron chi connectivity index (χ1n) is 11.0. The van der Waals surface area contributed by atoms with Crippen molar-refractivity contribution in [1.29, 1.82) is 0 Å². The summed E-state index contributed by atoms with van der Waals surface area (Å²) in [5, 5.41) is 0. The molecule has 32 heavy (non-hydrogen) atoms. The van der Waals surface area contributed by atoms with Crippen molar-refractivity contribution in [3.63, 3.8) is 0 Å². The van der Waals surface area contributed by atoms with E-state index >= 15 is 0 Å². The molecule has 4 rings (SSSR count). The molecule has 3 heterocycles. The molecule has 1 unspecified atom stereocenters. The molecule has 2 fully saturated rings. The molecule has 5 nitrogen and oxygen atoms in total. The highest BCUT2D eigenvalue weighted by molar-refractivity contribution is 5.94. The zero-order valence-corrected chi connectivity index (χ0v) is 18.1. The van der Waals surface area contributed by atoms with Crippen molar-refractivity contribution in [3.8, 4) is 0 Å². The van der Waals surface area contributed by atoms with Crippen molar-refractivity contribution in [2.24, 2.45) is 0 Å². The molecule has 1 aromatic heterocycles. The van der Waals surface area contributed by atoms with Crippen LogP contribution < -0.4 is 0 Å². The van der Waals surface area contributed by atoms with Crippen LogP contribution in [0.3, 0.4) is 0 Å². The molecule has 0 bridgehead atoms. The number of ether oxygens (including phenoxy) is 1. The summed E-state index contributed by atoms with van der Waals surface area (Å²) in [5.41, 5.74) is -0.304. The van der Waals surface area contributed by atoms with E-state index in [0.29, 0.717) is 38.3 Å². The van der Waals surface area contributed by atoms with Crippen LogP contribution in [0.25, 0.3) is 0 Å². The van der Waals surface area contributed by atoms with Gasteiger partial charge in [-0.3, -0.25) is 9.78 Å². The first kappa shape index (κ1) is 22.7. The number of benzene rings is 1. The smallest absolute Gasteiger partial charge is 0.368 e. The average Bonchev–Trinajstić information content (AvgIpc) is 2.78. The van der Waals surface area contributed by atoms with Crippen molar-refractivity contribution in [2.45, 2.75) is 44.1 Å². The highest BCUT2D eigenvalue weighted by Crippen LogP contribution is 2.34. The third kappa shape index (κ3) is 5.13. The molecule has 0 aliphatic carbocycles. The van der Waals surface area contributed by atoms with Gasteiger partial charge in [0.2, 0.25) is 0 Å². The number of likely N-dealkylation sites (tertiary alicyclic amines) is 1. The molecule has 2 aliphatic heterocycles. The van der Waals surface area contributed by atoms with Crippen molar-refractivity contribution >= 4 is 5.91 Å². The van der Waals surface area contributed by atoms with Gasteiger partial charge in [0.05, 0.1) is 29.5 Å². The van der Waals surface area contributed by atoms with E-state index in [1.54, 1.807) is 0 Å². The average molecular weight is 448 g/mol. The SMILES string of the molecule is CC1CN(C(=O)c2ccccc2)CC2(CCN(CCc3ncccc3C(F)(F)F)CC2)O1. The molecule has 2 saturated heterocycles. The molecular weight excluding hydrogens is 419 g/mol. The van der Waals surface area contributed by atoms with Crippen molar-refractivity contribution in [2.75, 3.05) is 32.7 Å². The highest BCUT2D eigenvalue weighted by Gasteiger charge is 2.43. The fourth-order valence-corrected chi connectivity index (χ4v) is 4.76. The molecule has 2 aliphatic rings. The quantitative estimate of drug-likeness (QED) is 0.710. The number of halogens is 3. The molecular formula is C24H28F3N3O2. The maximum atomic E-state index is 13.2. The van der Waals surface area contributed by atoms with E-state index in [1.807, 2.05) is 42.2 Å². The summed E-state index contributed by atoms with van der Waals surface area (Å²) in [4.78, 5) is 21.0. The second-order valence-corrected chi connectivity index (χ2v) is 8.75. The van der Waals surface area contributed by atoms with E-state index in [0.717, 1.165) is 18.9 Å². The number of hydrogen-bond donors (Lipinski definition) is 0. The Morgan fingerprint density at radius 2 is 1.88 bits per heavy atom. The van der Waals surface area contributed by atoms with Crippen LogP contribution in [-0.4, -0.2) is 65.1 Å². The molecule has 1 spiro atoms. The van der Waals surface area contributed by atoms with Crippen LogP contribution in [-0.2, 0) is 17.3 Å². The summed E-state index contributed by atoms with van der Waals surface area (Å²) < 4.78 is 46.0. The third-order valence-corrected chi connectivity index (χ3v) is 6.34. The number of carbonyl (C=O) groups excluding carboxylic acids is 1. The van der Waals surface area contributed by atoms with E-state index in [4.69, 9.17) is 4.74 Å². The van der Waals surface area contributed by atoms with E-state index < -0.39 is 17.3 Å². The van der Waals surface area contributed by atoms with Gasteiger partial charge in [-0.25, -0.2) is 0 Å². The van der Waals surface area contributed by atoms with Crippen LogP contribution >= 0.6 is 0 Å². The molecule has 1 atom stereocenters. The van der Waals surface area contributed by atoms with Crippen LogP contribution in [0.2, 0.25) is 0 Å². The Morgan fingerprint density at radius 3 is 2.56 bits per heavy atom. The van der Waals surface area contributed by atoms with E-state index in [2.05, 4.69) is 9.88 Å². The lowest BCUT2D eigenvalue weighted by molar-refractivity contribution is -0.161. The minimum Gasteiger partial charge on any atom is -0.368 e. The Hall–Kier alpha value is -2.45. The largest absolute Gasteiger partial charge is 0.418 e. The highest BCUT2D eigenvalue weighted by atomic mass is 19.4. The molecule has 0 N–H and O–H groups in total. The lowest BCUT2D eigenvalue weighted by Gasteiger charge is -2.49. The molecule has 1 aromatic carbocycles. The summed E-state index contributed by atoms with van der Waals surface area (Å²) in [7, 11) is 0. The summed E-state index contributed by atoms with van der Waals surface area (Å²) in [6.07, 6.45) is -1.32. The van der Waals surface area contributed by atoms with Crippen LogP contribution in [0, 0.1) is 0 Å². The van der Waals surface area contributed by atoms with E-state index in [9.17, 15) is 18.0 Å². The Kier molecular flexibility index (Phi) is 6.53. The van der Waals surface area contributed by atoms with Gasteiger partial charge in [0.15, 0.2) is 0 Å². The van der Waals surface area contributed by atoms with Crippen molar-refractivity contribution < 1.29 is 22.7 Å². The number of piperidine rings is 1. The van der Waals surface area contributed by atoms with Crippen LogP contribution in [0.5, 0.6) is 0 Å². The summed E-state index contributed by atoms with van der Waals surface area (Å²) in [6.45, 7) is 5.02. The molecule has 2 aromatic rings. The Balaban J connectivity index is 1.36. The maximum absolute atomic E-state index is 13.2. The fraction of sp³-hybridized carbons (Fsp3) is 0.500. The number of hydrogen-bond acceptors (Lipinski definition) is 4. The van der Waals surface area contributed by atoms with Gasteiger partial charge in [0.25, 0.3) is 5.91 Å². The van der Waals surface area contributed by atoms with Gasteiger partial charge in [-0.05, 0) is 44.0 Å². The van der Waals surface area contributed by atoms with Gasteiger partial charge in [-0.15, -0.1) is 0 Å². The molecule has 0 saturated carbocycles. The predicted octanol–water partition coefficient (Wildman–Crippen LogP) is 4.04. The minimum atomic E-state index is -4.39. The second-order valence-electron chi connectivity index (χ2n) is 8.75. The second kappa shape index (κ2) is 9.19. The zero-order valence-electron chi connectivity index (χ0n) is 18.1. The third-order valence-electron chi connectivity index (χ3n) is 6.34. The number of alkyl halides is 3. The number of carbonyl (C=O) groups is 1. The van der Waals surface area contributed by atoms with Gasteiger partial charge in [-0.1, -0.05) is 18.2 Å². The van der Waals surface area contributed by atoms with Gasteiger partial charge >= 0.3 is 6.18 Å². The Labute approximate surface area is 186 Å². The summed E-state index contributed by atoms with van der Waals surface area (Å²) in [5.74, 6) is 0.0115. The Bertz CT molecular complexity index is 928. The number of pyridine rings is 1. The number of morpholine rings is 1. The van der Waals surface area contributed by atoms with E-state index in [-0.39, 0.29) is 24.1 Å².